The van der Waals surface area contributed by atoms with Gasteiger partial charge < -0.3 is 10.1 Å². The third-order valence-electron chi connectivity index (χ3n) is 8.83. The predicted molar refractivity (Wildman–Crippen MR) is 204 cm³/mol. The molecular weight excluding hydrogens is 656 g/mol. The highest BCUT2D eigenvalue weighted by atomic mass is 16.6. The van der Waals surface area contributed by atoms with Crippen LogP contribution in [-0.4, -0.2) is 41.9 Å². The number of rotatable bonds is 21. The van der Waals surface area contributed by atoms with E-state index in [1.807, 2.05) is 117 Å². The Hall–Kier alpha value is -4.96. The molecule has 10 nitrogen and oxygen atoms in total. The van der Waals surface area contributed by atoms with Crippen LogP contribution in [-0.2, 0) is 37.2 Å². The van der Waals surface area contributed by atoms with Crippen LogP contribution >= 0.6 is 0 Å². The molecule has 0 heterocycles. The lowest BCUT2D eigenvalue weighted by Gasteiger charge is -2.31. The van der Waals surface area contributed by atoms with Gasteiger partial charge >= 0.3 is 6.09 Å². The molecule has 0 bridgehead atoms. The summed E-state index contributed by atoms with van der Waals surface area (Å²) in [7, 11) is 0. The summed E-state index contributed by atoms with van der Waals surface area (Å²) in [5.41, 5.74) is 8.28. The van der Waals surface area contributed by atoms with E-state index in [1.165, 1.54) is 5.01 Å². The summed E-state index contributed by atoms with van der Waals surface area (Å²) in [5.74, 6) is -2.33. The van der Waals surface area contributed by atoms with Crippen LogP contribution in [0.1, 0.15) is 82.9 Å². The molecule has 3 aromatic rings. The van der Waals surface area contributed by atoms with Gasteiger partial charge in [-0.25, -0.2) is 10.3 Å². The number of ether oxygens (including phenoxy) is 1. The summed E-state index contributed by atoms with van der Waals surface area (Å²) in [6.07, 6.45) is 6.10. The van der Waals surface area contributed by atoms with Gasteiger partial charge in [0.2, 0.25) is 17.7 Å². The molecule has 0 saturated heterocycles. The summed E-state index contributed by atoms with van der Waals surface area (Å²) >= 11 is 0. The largest absolute Gasteiger partial charge is 0.445 e. The zero-order chi connectivity index (χ0) is 37.6. The van der Waals surface area contributed by atoms with E-state index in [9.17, 15) is 19.2 Å². The minimum Gasteiger partial charge on any atom is -0.445 e. The molecule has 0 aromatic heterocycles. The molecule has 0 fully saturated rings. The molecule has 280 valence electrons. The van der Waals surface area contributed by atoms with Gasteiger partial charge in [-0.05, 0) is 47.8 Å². The number of hydroxylamine groups is 1. The molecular formula is C42H56N4O6. The molecule has 0 unspecified atom stereocenters. The van der Waals surface area contributed by atoms with Crippen LogP contribution in [0.5, 0.6) is 0 Å². The van der Waals surface area contributed by atoms with Gasteiger partial charge in [-0.3, -0.25) is 29.7 Å². The van der Waals surface area contributed by atoms with E-state index in [1.54, 1.807) is 0 Å². The normalized spacial score (nSPS) is 12.3. The average Bonchev–Trinajstić information content (AvgIpc) is 3.16. The summed E-state index contributed by atoms with van der Waals surface area (Å²) in [4.78, 5) is 59.4. The molecule has 10 heteroatoms. The number of alkyl carbamates (subject to hydrolysis) is 1. The van der Waals surface area contributed by atoms with Crippen LogP contribution in [0.25, 0.3) is 6.08 Å². The Morgan fingerprint density at radius 1 is 0.769 bits per heavy atom. The van der Waals surface area contributed by atoms with Gasteiger partial charge in [0.05, 0.1) is 18.4 Å². The highest BCUT2D eigenvalue weighted by molar-refractivity contribution is 5.89. The topological polar surface area (TPSA) is 126 Å². The average molecular weight is 713 g/mol. The quantitative estimate of drug-likeness (QED) is 0.0771. The first kappa shape index (κ1) is 41.5. The first-order valence-corrected chi connectivity index (χ1v) is 18.4. The van der Waals surface area contributed by atoms with Gasteiger partial charge in [-0.2, -0.15) is 0 Å². The van der Waals surface area contributed by atoms with Gasteiger partial charge in [0.25, 0.3) is 0 Å². The number of allylic oxidation sites excluding steroid dienone is 1. The van der Waals surface area contributed by atoms with Crippen molar-refractivity contribution in [3.63, 3.8) is 0 Å². The van der Waals surface area contributed by atoms with Crippen molar-refractivity contribution < 1.29 is 28.8 Å². The minimum absolute atomic E-state index is 0.0882. The van der Waals surface area contributed by atoms with Gasteiger partial charge in [-0.1, -0.05) is 144 Å². The summed E-state index contributed by atoms with van der Waals surface area (Å²) in [6, 6.07) is 28.6. The van der Waals surface area contributed by atoms with E-state index in [0.29, 0.717) is 19.4 Å². The van der Waals surface area contributed by atoms with Crippen molar-refractivity contribution in [2.45, 2.75) is 79.4 Å². The Kier molecular flexibility index (Phi) is 18.7. The Balaban J connectivity index is 1.71. The number of carbonyl (C=O) groups excluding carboxylic acids is 4. The SMILES string of the molecule is CCC(CC)CN(NC(=O)[C@H](CC(C)C)[C@H](C/C=C/c1ccccc1)C(=O)NOCc1ccccc1)C(=O)CCCNC(=O)OCc1ccccc1. The van der Waals surface area contributed by atoms with Gasteiger partial charge in [-0.15, -0.1) is 0 Å². The summed E-state index contributed by atoms with van der Waals surface area (Å²) < 4.78 is 5.27. The molecule has 0 radical (unpaired) electrons. The first-order valence-electron chi connectivity index (χ1n) is 18.4. The van der Waals surface area contributed by atoms with Crippen LogP contribution in [0.4, 0.5) is 4.79 Å². The van der Waals surface area contributed by atoms with E-state index < -0.39 is 29.7 Å². The molecule has 0 aliphatic heterocycles. The maximum absolute atomic E-state index is 14.2. The third kappa shape index (κ3) is 15.5. The third-order valence-corrected chi connectivity index (χ3v) is 8.83. The van der Waals surface area contributed by atoms with E-state index in [0.717, 1.165) is 29.5 Å². The Morgan fingerprint density at radius 2 is 1.37 bits per heavy atom. The lowest BCUT2D eigenvalue weighted by Crippen LogP contribution is -2.52. The maximum Gasteiger partial charge on any atom is 0.407 e. The lowest BCUT2D eigenvalue weighted by atomic mass is 9.82. The Morgan fingerprint density at radius 3 is 1.96 bits per heavy atom. The second kappa shape index (κ2) is 23.5. The Bertz CT molecular complexity index is 1510. The summed E-state index contributed by atoms with van der Waals surface area (Å²) in [6.45, 7) is 9.03. The number of hydrazine groups is 1. The smallest absolute Gasteiger partial charge is 0.407 e. The molecule has 4 amide bonds. The highest BCUT2D eigenvalue weighted by Crippen LogP contribution is 2.26. The molecule has 52 heavy (non-hydrogen) atoms. The van der Waals surface area contributed by atoms with Crippen molar-refractivity contribution in [2.24, 2.45) is 23.7 Å². The number of amides is 4. The second-order valence-corrected chi connectivity index (χ2v) is 13.4. The lowest BCUT2D eigenvalue weighted by molar-refractivity contribution is -0.149. The van der Waals surface area contributed by atoms with E-state index in [2.05, 4.69) is 30.1 Å². The fourth-order valence-corrected chi connectivity index (χ4v) is 5.74. The summed E-state index contributed by atoms with van der Waals surface area (Å²) in [5, 5.41) is 4.10. The minimum atomic E-state index is -0.769. The second-order valence-electron chi connectivity index (χ2n) is 13.4. The van der Waals surface area contributed by atoms with Crippen molar-refractivity contribution in [1.82, 2.24) is 21.2 Å². The van der Waals surface area contributed by atoms with Crippen LogP contribution in [0.3, 0.4) is 0 Å². The standard InChI is InChI=1S/C42H56N4O6/c1-5-33(6-2)29-46(39(47)26-17-27-43-42(50)51-30-35-20-12-8-13-21-35)44-40(48)38(28-32(3)4)37(25-16-24-34-18-10-7-11-19-34)41(49)45-52-31-36-22-14-9-15-23-36/h7-16,18-24,32-33,37-38H,5-6,17,25-31H2,1-4H3,(H,43,50)(H,44,48)(H,45,49)/b24-16+/t37-,38+/m0/s1. The number of benzene rings is 3. The van der Waals surface area contributed by atoms with Gasteiger partial charge in [0, 0.05) is 19.5 Å². The number of nitrogens with zero attached hydrogens (tertiary/aromatic N) is 1. The van der Waals surface area contributed by atoms with Crippen LogP contribution in [0, 0.1) is 23.7 Å². The van der Waals surface area contributed by atoms with Crippen molar-refractivity contribution in [3.8, 4) is 0 Å². The van der Waals surface area contributed by atoms with E-state index >= 15 is 0 Å². The molecule has 0 spiro atoms. The monoisotopic (exact) mass is 712 g/mol. The molecule has 0 saturated carbocycles. The number of carbonyl (C=O) groups is 4. The van der Waals surface area contributed by atoms with Crippen LogP contribution < -0.4 is 16.2 Å². The number of nitrogens with one attached hydrogen (secondary N) is 3. The molecule has 0 aliphatic carbocycles. The molecule has 3 aromatic carbocycles. The number of hydrogen-bond acceptors (Lipinski definition) is 6. The molecule has 0 aliphatic rings. The molecule has 3 rings (SSSR count). The first-order chi connectivity index (χ1) is 25.2. The van der Waals surface area contributed by atoms with Crippen LogP contribution in [0.15, 0.2) is 97.1 Å². The van der Waals surface area contributed by atoms with Crippen molar-refractivity contribution in [3.05, 3.63) is 114 Å². The fourth-order valence-electron chi connectivity index (χ4n) is 5.74. The Labute approximate surface area is 309 Å². The van der Waals surface area contributed by atoms with Crippen LogP contribution in [0.2, 0.25) is 0 Å². The molecule has 2 atom stereocenters. The molecule has 3 N–H and O–H groups in total. The zero-order valence-corrected chi connectivity index (χ0v) is 31.1. The fraction of sp³-hybridized carbons (Fsp3) is 0.429. The van der Waals surface area contributed by atoms with E-state index in [4.69, 9.17) is 9.57 Å². The zero-order valence-electron chi connectivity index (χ0n) is 31.1. The van der Waals surface area contributed by atoms with Gasteiger partial charge in [0.15, 0.2) is 0 Å². The predicted octanol–water partition coefficient (Wildman–Crippen LogP) is 7.62. The van der Waals surface area contributed by atoms with Crippen molar-refractivity contribution in [2.75, 3.05) is 13.1 Å². The highest BCUT2D eigenvalue weighted by Gasteiger charge is 2.35. The number of hydrogen-bond donors (Lipinski definition) is 3. The van der Waals surface area contributed by atoms with Gasteiger partial charge in [0.1, 0.15) is 6.61 Å². The maximum atomic E-state index is 14.2. The van der Waals surface area contributed by atoms with Crippen molar-refractivity contribution >= 4 is 29.9 Å². The van der Waals surface area contributed by atoms with Crippen molar-refractivity contribution in [1.29, 1.82) is 0 Å². The van der Waals surface area contributed by atoms with E-state index in [-0.39, 0.29) is 50.3 Å².